The topological polar surface area (TPSA) is 105 Å². The van der Waals surface area contributed by atoms with Crippen LogP contribution in [0.3, 0.4) is 0 Å². The van der Waals surface area contributed by atoms with Crippen molar-refractivity contribution >= 4 is 18.0 Å². The van der Waals surface area contributed by atoms with Gasteiger partial charge in [0.15, 0.2) is 0 Å². The van der Waals surface area contributed by atoms with Crippen molar-refractivity contribution < 1.29 is 24.2 Å². The molecule has 0 heterocycles. The molecule has 7 heteroatoms. The molecule has 2 aromatic rings. The van der Waals surface area contributed by atoms with Gasteiger partial charge in [-0.2, -0.15) is 0 Å². The number of carbonyl (C=O) groups is 3. The summed E-state index contributed by atoms with van der Waals surface area (Å²) in [6.07, 6.45) is 4.95. The zero-order valence-electron chi connectivity index (χ0n) is 19.8. The van der Waals surface area contributed by atoms with Crippen LogP contribution in [0.25, 0.3) is 11.1 Å². The van der Waals surface area contributed by atoms with Crippen LogP contribution >= 0.6 is 0 Å². The molecule has 0 spiro atoms. The molecule has 2 amide bonds. The molecule has 184 valence electrons. The minimum atomic E-state index is -0.997. The van der Waals surface area contributed by atoms with E-state index in [0.717, 1.165) is 47.9 Å². The zero-order chi connectivity index (χ0) is 24.4. The third-order valence-electron chi connectivity index (χ3n) is 7.83. The van der Waals surface area contributed by atoms with Crippen LogP contribution in [-0.2, 0) is 14.3 Å². The van der Waals surface area contributed by atoms with E-state index in [1.165, 1.54) is 0 Å². The Morgan fingerprint density at radius 1 is 0.971 bits per heavy atom. The Morgan fingerprint density at radius 2 is 1.57 bits per heavy atom. The Balaban J connectivity index is 1.20. The maximum atomic E-state index is 13.2. The average Bonchev–Trinajstić information content (AvgIpc) is 3.45. The Labute approximate surface area is 205 Å². The van der Waals surface area contributed by atoms with Gasteiger partial charge in [-0.3, -0.25) is 4.79 Å². The van der Waals surface area contributed by atoms with Crippen molar-refractivity contribution in [1.82, 2.24) is 10.6 Å². The van der Waals surface area contributed by atoms with Gasteiger partial charge in [-0.15, -0.1) is 0 Å². The number of carboxylic acids is 1. The third-order valence-corrected chi connectivity index (χ3v) is 7.83. The SMILES string of the molecule is O=C(NCC1(C(=O)NC(CC2CC2)C(=O)O)CCCC1)OCC1c2ccccc2-c2ccccc21. The number of rotatable bonds is 9. The number of ether oxygens (including phenoxy) is 1. The van der Waals surface area contributed by atoms with Crippen molar-refractivity contribution in [3.8, 4) is 11.1 Å². The molecule has 0 saturated heterocycles. The van der Waals surface area contributed by atoms with Crippen LogP contribution < -0.4 is 10.6 Å². The second-order valence-corrected chi connectivity index (χ2v) is 10.2. The van der Waals surface area contributed by atoms with Crippen LogP contribution in [0.5, 0.6) is 0 Å². The fraction of sp³-hybridized carbons (Fsp3) is 0.464. The van der Waals surface area contributed by atoms with Gasteiger partial charge in [-0.05, 0) is 47.4 Å². The average molecular weight is 477 g/mol. The molecule has 0 bridgehead atoms. The van der Waals surface area contributed by atoms with Gasteiger partial charge in [0, 0.05) is 12.5 Å². The minimum Gasteiger partial charge on any atom is -0.480 e. The van der Waals surface area contributed by atoms with Crippen molar-refractivity contribution in [3.63, 3.8) is 0 Å². The Bertz CT molecular complexity index is 1070. The summed E-state index contributed by atoms with van der Waals surface area (Å²) in [5.74, 6) is -0.921. The van der Waals surface area contributed by atoms with E-state index in [0.29, 0.717) is 25.2 Å². The monoisotopic (exact) mass is 476 g/mol. The standard InChI is InChI=1S/C28H32N2O5/c31-25(32)24(15-18-11-12-18)30-26(33)28(13-5-6-14-28)17-29-27(34)35-16-23-21-9-3-1-7-19(21)20-8-2-4-10-22(20)23/h1-4,7-10,18,23-24H,5-6,11-17H2,(H,29,34)(H,30,33)(H,31,32). The van der Waals surface area contributed by atoms with E-state index in [-0.39, 0.29) is 25.0 Å². The van der Waals surface area contributed by atoms with Gasteiger partial charge in [0.1, 0.15) is 12.6 Å². The molecule has 35 heavy (non-hydrogen) atoms. The van der Waals surface area contributed by atoms with E-state index < -0.39 is 23.5 Å². The van der Waals surface area contributed by atoms with Crippen molar-refractivity contribution in [2.75, 3.05) is 13.2 Å². The fourth-order valence-corrected chi connectivity index (χ4v) is 5.65. The van der Waals surface area contributed by atoms with Crippen molar-refractivity contribution in [1.29, 1.82) is 0 Å². The molecule has 1 atom stereocenters. The van der Waals surface area contributed by atoms with Gasteiger partial charge >= 0.3 is 12.1 Å². The van der Waals surface area contributed by atoms with E-state index in [4.69, 9.17) is 4.74 Å². The summed E-state index contributed by atoms with van der Waals surface area (Å²) < 4.78 is 5.63. The van der Waals surface area contributed by atoms with Gasteiger partial charge in [0.2, 0.25) is 5.91 Å². The molecular weight excluding hydrogens is 444 g/mol. The molecule has 1 unspecified atom stereocenters. The van der Waals surface area contributed by atoms with Crippen LogP contribution in [0.1, 0.15) is 62.0 Å². The first-order chi connectivity index (χ1) is 17.0. The maximum Gasteiger partial charge on any atom is 0.407 e. The second kappa shape index (κ2) is 9.72. The van der Waals surface area contributed by atoms with Gasteiger partial charge in [0.05, 0.1) is 5.41 Å². The molecule has 3 N–H and O–H groups in total. The molecule has 2 saturated carbocycles. The zero-order valence-corrected chi connectivity index (χ0v) is 19.8. The predicted molar refractivity (Wildman–Crippen MR) is 131 cm³/mol. The number of nitrogens with one attached hydrogen (secondary N) is 2. The number of aliphatic carboxylic acids is 1. The minimum absolute atomic E-state index is 0.0318. The second-order valence-electron chi connectivity index (χ2n) is 10.2. The van der Waals surface area contributed by atoms with E-state index >= 15 is 0 Å². The van der Waals surface area contributed by atoms with Crippen molar-refractivity contribution in [2.24, 2.45) is 11.3 Å². The highest BCUT2D eigenvalue weighted by molar-refractivity contribution is 5.88. The van der Waals surface area contributed by atoms with Gasteiger partial charge < -0.3 is 20.5 Å². The number of benzene rings is 2. The molecule has 3 aliphatic rings. The summed E-state index contributed by atoms with van der Waals surface area (Å²) in [6.45, 7) is 0.354. The normalized spacial score (nSPS) is 18.9. The van der Waals surface area contributed by atoms with E-state index in [9.17, 15) is 19.5 Å². The van der Waals surface area contributed by atoms with Crippen molar-refractivity contribution in [3.05, 3.63) is 59.7 Å². The number of carboxylic acid groups (broad SMARTS) is 1. The maximum absolute atomic E-state index is 13.2. The highest BCUT2D eigenvalue weighted by Crippen LogP contribution is 2.44. The molecule has 5 rings (SSSR count). The molecule has 0 radical (unpaired) electrons. The third kappa shape index (κ3) is 4.90. The Kier molecular flexibility index (Phi) is 6.50. The van der Waals surface area contributed by atoms with Crippen LogP contribution in [0.4, 0.5) is 4.79 Å². The van der Waals surface area contributed by atoms with Crippen LogP contribution in [0, 0.1) is 11.3 Å². The highest BCUT2D eigenvalue weighted by atomic mass is 16.5. The Hall–Kier alpha value is -3.35. The van der Waals surface area contributed by atoms with Crippen molar-refractivity contribution in [2.45, 2.75) is 56.9 Å². The van der Waals surface area contributed by atoms with Crippen LogP contribution in [0.2, 0.25) is 0 Å². The summed E-state index contributed by atoms with van der Waals surface area (Å²) in [5.41, 5.74) is 3.82. The summed E-state index contributed by atoms with van der Waals surface area (Å²) in [4.78, 5) is 37.5. The lowest BCUT2D eigenvalue weighted by atomic mass is 9.84. The number of carbonyl (C=O) groups excluding carboxylic acids is 2. The molecule has 0 aliphatic heterocycles. The first-order valence-corrected chi connectivity index (χ1v) is 12.6. The molecule has 3 aliphatic carbocycles. The van der Waals surface area contributed by atoms with Gasteiger partial charge in [0.25, 0.3) is 0 Å². The predicted octanol–water partition coefficient (Wildman–Crippen LogP) is 4.46. The molecule has 0 aromatic heterocycles. The Morgan fingerprint density at radius 3 is 2.14 bits per heavy atom. The smallest absolute Gasteiger partial charge is 0.407 e. The summed E-state index contributed by atoms with van der Waals surface area (Å²) in [6, 6.07) is 15.5. The number of alkyl carbamates (subject to hydrolysis) is 1. The fourth-order valence-electron chi connectivity index (χ4n) is 5.65. The van der Waals surface area contributed by atoms with E-state index in [1.54, 1.807) is 0 Å². The number of hydrogen-bond donors (Lipinski definition) is 3. The molecule has 7 nitrogen and oxygen atoms in total. The number of hydrogen-bond acceptors (Lipinski definition) is 4. The lowest BCUT2D eigenvalue weighted by molar-refractivity contribution is -0.144. The summed E-state index contributed by atoms with van der Waals surface area (Å²) in [5, 5.41) is 15.1. The van der Waals surface area contributed by atoms with Gasteiger partial charge in [-0.25, -0.2) is 9.59 Å². The van der Waals surface area contributed by atoms with Gasteiger partial charge in [-0.1, -0.05) is 74.2 Å². The van der Waals surface area contributed by atoms with E-state index in [2.05, 4.69) is 34.9 Å². The highest BCUT2D eigenvalue weighted by Gasteiger charge is 2.43. The molecule has 2 aromatic carbocycles. The first-order valence-electron chi connectivity index (χ1n) is 12.6. The molecule has 2 fully saturated rings. The van der Waals surface area contributed by atoms with Crippen LogP contribution in [0.15, 0.2) is 48.5 Å². The number of amides is 2. The van der Waals surface area contributed by atoms with Crippen LogP contribution in [-0.4, -0.2) is 42.3 Å². The molecular formula is C28H32N2O5. The largest absolute Gasteiger partial charge is 0.480 e. The first kappa shape index (κ1) is 23.4. The lowest BCUT2D eigenvalue weighted by Crippen LogP contribution is -2.52. The number of fused-ring (bicyclic) bond motifs is 3. The quantitative estimate of drug-likeness (QED) is 0.496. The summed E-state index contributed by atoms with van der Waals surface area (Å²) in [7, 11) is 0. The lowest BCUT2D eigenvalue weighted by Gasteiger charge is -2.29. The summed E-state index contributed by atoms with van der Waals surface area (Å²) >= 11 is 0. The van der Waals surface area contributed by atoms with E-state index in [1.807, 2.05) is 24.3 Å².